The third-order valence-electron chi connectivity index (χ3n) is 5.72. The van der Waals surface area contributed by atoms with E-state index in [0.29, 0.717) is 30.6 Å². The number of Topliss-reactive ketones (excluding diaryl/α,β-unsaturated/α-hetero) is 1. The van der Waals surface area contributed by atoms with Crippen LogP contribution in [0.15, 0.2) is 48.5 Å². The summed E-state index contributed by atoms with van der Waals surface area (Å²) in [5.41, 5.74) is 7.13. The van der Waals surface area contributed by atoms with Gasteiger partial charge in [0.1, 0.15) is 11.9 Å². The molecule has 2 aromatic carbocycles. The number of likely N-dealkylation sites (tertiary alicyclic amines) is 1. The Hall–Kier alpha value is -3.22. The van der Waals surface area contributed by atoms with Crippen molar-refractivity contribution < 1.29 is 23.5 Å². The van der Waals surface area contributed by atoms with Crippen LogP contribution < -0.4 is 5.73 Å². The number of nitrogens with two attached hydrogens (primary N) is 1. The Morgan fingerprint density at radius 3 is 2.62 bits per heavy atom. The molecule has 1 saturated heterocycles. The highest BCUT2D eigenvalue weighted by Crippen LogP contribution is 2.37. The molecule has 29 heavy (non-hydrogen) atoms. The molecular formula is C22H21FN2O4. The molecule has 6 nitrogen and oxygen atoms in total. The van der Waals surface area contributed by atoms with Gasteiger partial charge in [-0.2, -0.15) is 0 Å². The number of carbonyl (C=O) groups is 3. The van der Waals surface area contributed by atoms with Gasteiger partial charge in [-0.05, 0) is 29.3 Å². The maximum atomic E-state index is 13.7. The highest BCUT2D eigenvalue weighted by atomic mass is 19.1. The Labute approximate surface area is 167 Å². The molecule has 0 aromatic heterocycles. The van der Waals surface area contributed by atoms with Gasteiger partial charge in [0.05, 0.1) is 5.92 Å². The van der Waals surface area contributed by atoms with Crippen molar-refractivity contribution in [3.8, 4) is 0 Å². The van der Waals surface area contributed by atoms with Crippen LogP contribution in [0.5, 0.6) is 0 Å². The second kappa shape index (κ2) is 7.66. The first-order valence-electron chi connectivity index (χ1n) is 9.56. The van der Waals surface area contributed by atoms with Crippen LogP contribution in [0.1, 0.15) is 46.2 Å². The third kappa shape index (κ3) is 3.72. The largest absolute Gasteiger partial charge is 0.461 e. The summed E-state index contributed by atoms with van der Waals surface area (Å²) >= 11 is 0. The van der Waals surface area contributed by atoms with E-state index in [1.165, 1.54) is 23.1 Å². The van der Waals surface area contributed by atoms with E-state index in [1.807, 2.05) is 30.3 Å². The zero-order valence-electron chi connectivity index (χ0n) is 15.7. The van der Waals surface area contributed by atoms with E-state index >= 15 is 0 Å². The van der Waals surface area contributed by atoms with Gasteiger partial charge in [0.2, 0.25) is 0 Å². The van der Waals surface area contributed by atoms with Gasteiger partial charge in [-0.25, -0.2) is 9.18 Å². The number of hydrogen-bond acceptors (Lipinski definition) is 4. The van der Waals surface area contributed by atoms with Gasteiger partial charge in [0, 0.05) is 37.4 Å². The molecule has 7 heteroatoms. The standard InChI is InChI=1S/C22H21FN2O4/c23-14-6-7-15-16(10-14)17(11-19(15)26)21(27)29-20-8-9-25(22(24)28)12-18(20)13-4-2-1-3-5-13/h1-7,10,17-18,20H,8-9,11-12H2,(H2,24,28). The minimum Gasteiger partial charge on any atom is -0.461 e. The number of urea groups is 1. The van der Waals surface area contributed by atoms with E-state index < -0.39 is 29.8 Å². The van der Waals surface area contributed by atoms with E-state index in [2.05, 4.69) is 0 Å². The SMILES string of the molecule is NC(=O)N1CCC(OC(=O)C2CC(=O)c3ccc(F)cc32)C(c2ccccc2)C1. The number of nitrogens with zero attached hydrogens (tertiary/aromatic N) is 1. The first kappa shape index (κ1) is 19.1. The maximum absolute atomic E-state index is 13.7. The number of rotatable bonds is 3. The Balaban J connectivity index is 1.56. The molecule has 2 aromatic rings. The molecular weight excluding hydrogens is 375 g/mol. The van der Waals surface area contributed by atoms with E-state index in [0.717, 1.165) is 5.56 Å². The van der Waals surface area contributed by atoms with Crippen molar-refractivity contribution >= 4 is 17.8 Å². The zero-order valence-corrected chi connectivity index (χ0v) is 15.7. The van der Waals surface area contributed by atoms with Crippen LogP contribution in [0.2, 0.25) is 0 Å². The van der Waals surface area contributed by atoms with Gasteiger partial charge in [0.25, 0.3) is 0 Å². The summed E-state index contributed by atoms with van der Waals surface area (Å²) in [6.07, 6.45) is -0.0493. The molecule has 2 N–H and O–H groups in total. The van der Waals surface area contributed by atoms with Crippen molar-refractivity contribution in [2.24, 2.45) is 5.73 Å². The molecule has 4 rings (SSSR count). The first-order chi connectivity index (χ1) is 13.9. The lowest BCUT2D eigenvalue weighted by Crippen LogP contribution is -2.48. The lowest BCUT2D eigenvalue weighted by atomic mass is 9.87. The molecule has 2 aliphatic rings. The number of ether oxygens (including phenoxy) is 1. The summed E-state index contributed by atoms with van der Waals surface area (Å²) < 4.78 is 19.5. The van der Waals surface area contributed by atoms with Crippen LogP contribution in [0.4, 0.5) is 9.18 Å². The molecule has 1 aliphatic carbocycles. The van der Waals surface area contributed by atoms with Crippen LogP contribution >= 0.6 is 0 Å². The normalized spacial score (nSPS) is 23.6. The molecule has 0 radical (unpaired) electrons. The Kier molecular flexibility index (Phi) is 5.05. The van der Waals surface area contributed by atoms with E-state index in [9.17, 15) is 18.8 Å². The number of esters is 1. The van der Waals surface area contributed by atoms with Gasteiger partial charge in [-0.3, -0.25) is 9.59 Å². The molecule has 1 aliphatic heterocycles. The fourth-order valence-corrected chi connectivity index (χ4v) is 4.21. The fourth-order valence-electron chi connectivity index (χ4n) is 4.21. The van der Waals surface area contributed by atoms with E-state index in [4.69, 9.17) is 10.5 Å². The minimum absolute atomic E-state index is 0.0201. The topological polar surface area (TPSA) is 89.7 Å². The van der Waals surface area contributed by atoms with Crippen LogP contribution in [0, 0.1) is 5.82 Å². The smallest absolute Gasteiger partial charge is 0.314 e. The Bertz CT molecular complexity index is 963. The number of ketones is 1. The van der Waals surface area contributed by atoms with Crippen molar-refractivity contribution in [3.05, 3.63) is 71.0 Å². The number of amides is 2. The number of fused-ring (bicyclic) bond motifs is 1. The highest BCUT2D eigenvalue weighted by molar-refractivity contribution is 6.05. The summed E-state index contributed by atoms with van der Waals surface area (Å²) in [7, 11) is 0. The van der Waals surface area contributed by atoms with E-state index in [1.54, 1.807) is 0 Å². The number of benzene rings is 2. The van der Waals surface area contributed by atoms with Gasteiger partial charge >= 0.3 is 12.0 Å². The van der Waals surface area contributed by atoms with Crippen molar-refractivity contribution in [1.29, 1.82) is 0 Å². The zero-order chi connectivity index (χ0) is 20.5. The van der Waals surface area contributed by atoms with Crippen LogP contribution in [0.3, 0.4) is 0 Å². The third-order valence-corrected chi connectivity index (χ3v) is 5.72. The molecule has 150 valence electrons. The lowest BCUT2D eigenvalue weighted by Gasteiger charge is -2.38. The number of piperidine rings is 1. The first-order valence-corrected chi connectivity index (χ1v) is 9.56. The molecule has 0 bridgehead atoms. The van der Waals surface area contributed by atoms with Gasteiger partial charge < -0.3 is 15.4 Å². The molecule has 1 heterocycles. The monoisotopic (exact) mass is 396 g/mol. The fraction of sp³-hybridized carbons (Fsp3) is 0.318. The van der Waals surface area contributed by atoms with Crippen LogP contribution in [0.25, 0.3) is 0 Å². The number of hydrogen-bond donors (Lipinski definition) is 1. The number of carbonyl (C=O) groups excluding carboxylic acids is 3. The van der Waals surface area contributed by atoms with Crippen molar-refractivity contribution in [2.75, 3.05) is 13.1 Å². The Morgan fingerprint density at radius 2 is 1.90 bits per heavy atom. The predicted octanol–water partition coefficient (Wildman–Crippen LogP) is 2.98. The lowest BCUT2D eigenvalue weighted by molar-refractivity contribution is -0.153. The predicted molar refractivity (Wildman–Crippen MR) is 103 cm³/mol. The summed E-state index contributed by atoms with van der Waals surface area (Å²) in [6.45, 7) is 0.720. The maximum Gasteiger partial charge on any atom is 0.314 e. The average molecular weight is 396 g/mol. The second-order valence-corrected chi connectivity index (χ2v) is 7.48. The molecule has 0 saturated carbocycles. The summed E-state index contributed by atoms with van der Waals surface area (Å²) in [5.74, 6) is -2.26. The Morgan fingerprint density at radius 1 is 1.14 bits per heavy atom. The molecule has 2 amide bonds. The summed E-state index contributed by atoms with van der Waals surface area (Å²) in [6, 6.07) is 12.8. The summed E-state index contributed by atoms with van der Waals surface area (Å²) in [4.78, 5) is 38.3. The van der Waals surface area contributed by atoms with Crippen molar-refractivity contribution in [3.63, 3.8) is 0 Å². The van der Waals surface area contributed by atoms with Crippen LogP contribution in [-0.4, -0.2) is 41.9 Å². The van der Waals surface area contributed by atoms with Gasteiger partial charge in [0.15, 0.2) is 5.78 Å². The molecule has 3 unspecified atom stereocenters. The highest BCUT2D eigenvalue weighted by Gasteiger charge is 2.40. The van der Waals surface area contributed by atoms with Gasteiger partial charge in [-0.15, -0.1) is 0 Å². The summed E-state index contributed by atoms with van der Waals surface area (Å²) in [5, 5.41) is 0. The molecule has 3 atom stereocenters. The number of primary amides is 1. The molecule has 0 spiro atoms. The number of halogens is 1. The molecule has 1 fully saturated rings. The quantitative estimate of drug-likeness (QED) is 0.808. The van der Waals surface area contributed by atoms with Crippen molar-refractivity contribution in [1.82, 2.24) is 4.90 Å². The van der Waals surface area contributed by atoms with Crippen LogP contribution in [-0.2, 0) is 9.53 Å². The average Bonchev–Trinajstić information content (AvgIpc) is 3.04. The van der Waals surface area contributed by atoms with Crippen molar-refractivity contribution in [2.45, 2.75) is 30.8 Å². The van der Waals surface area contributed by atoms with Gasteiger partial charge in [-0.1, -0.05) is 30.3 Å². The minimum atomic E-state index is -0.807. The van der Waals surface area contributed by atoms with E-state index in [-0.39, 0.29) is 18.1 Å². The second-order valence-electron chi connectivity index (χ2n) is 7.48.